The van der Waals surface area contributed by atoms with Crippen LogP contribution >= 0.6 is 0 Å². The molecule has 1 unspecified atom stereocenters. The molecule has 1 atom stereocenters. The molecule has 0 bridgehead atoms. The van der Waals surface area contributed by atoms with Crippen LogP contribution in [0.15, 0.2) is 23.1 Å². The number of nitrogens with zero attached hydrogens (tertiary/aromatic N) is 2. The summed E-state index contributed by atoms with van der Waals surface area (Å²) in [6, 6.07) is 2.90. The van der Waals surface area contributed by atoms with Gasteiger partial charge in [0.1, 0.15) is 5.60 Å². The monoisotopic (exact) mass is 306 g/mol. The SMILES string of the molecule is CC(C)(C)OC(=O)N1CCC(Cn2cc(C=O)ccc2=O)C1. The van der Waals surface area contributed by atoms with E-state index in [9.17, 15) is 14.4 Å². The molecule has 1 aromatic heterocycles. The van der Waals surface area contributed by atoms with Crippen molar-refractivity contribution in [1.82, 2.24) is 9.47 Å². The van der Waals surface area contributed by atoms with Crippen molar-refractivity contribution in [2.24, 2.45) is 5.92 Å². The van der Waals surface area contributed by atoms with Crippen molar-refractivity contribution in [2.75, 3.05) is 13.1 Å². The lowest BCUT2D eigenvalue weighted by molar-refractivity contribution is 0.0287. The molecule has 0 saturated carbocycles. The van der Waals surface area contributed by atoms with E-state index < -0.39 is 5.60 Å². The summed E-state index contributed by atoms with van der Waals surface area (Å²) >= 11 is 0. The smallest absolute Gasteiger partial charge is 0.410 e. The van der Waals surface area contributed by atoms with Gasteiger partial charge < -0.3 is 14.2 Å². The summed E-state index contributed by atoms with van der Waals surface area (Å²) in [7, 11) is 0. The van der Waals surface area contributed by atoms with Gasteiger partial charge >= 0.3 is 6.09 Å². The third-order valence-electron chi connectivity index (χ3n) is 3.53. The molecule has 2 heterocycles. The van der Waals surface area contributed by atoms with Gasteiger partial charge in [0.15, 0.2) is 6.29 Å². The number of ether oxygens (including phenoxy) is 1. The highest BCUT2D eigenvalue weighted by atomic mass is 16.6. The van der Waals surface area contributed by atoms with Crippen LogP contribution in [0.1, 0.15) is 37.6 Å². The maximum absolute atomic E-state index is 12.0. The molecule has 6 nitrogen and oxygen atoms in total. The lowest BCUT2D eigenvalue weighted by Crippen LogP contribution is -2.35. The van der Waals surface area contributed by atoms with Crippen LogP contribution in [0.4, 0.5) is 4.79 Å². The Hall–Kier alpha value is -2.11. The summed E-state index contributed by atoms with van der Waals surface area (Å²) in [5, 5.41) is 0. The first-order valence-corrected chi connectivity index (χ1v) is 7.42. The fraction of sp³-hybridized carbons (Fsp3) is 0.562. The minimum absolute atomic E-state index is 0.138. The number of aromatic nitrogens is 1. The van der Waals surface area contributed by atoms with Gasteiger partial charge in [0.25, 0.3) is 5.56 Å². The van der Waals surface area contributed by atoms with Crippen molar-refractivity contribution in [3.63, 3.8) is 0 Å². The number of amides is 1. The van der Waals surface area contributed by atoms with Crippen LogP contribution in [-0.4, -0.2) is 40.5 Å². The van der Waals surface area contributed by atoms with Gasteiger partial charge in [-0.15, -0.1) is 0 Å². The van der Waals surface area contributed by atoms with Crippen LogP contribution in [-0.2, 0) is 11.3 Å². The molecule has 0 aromatic carbocycles. The number of carbonyl (C=O) groups is 2. The predicted molar refractivity (Wildman–Crippen MR) is 82.0 cm³/mol. The minimum Gasteiger partial charge on any atom is -0.444 e. The molecule has 1 aliphatic rings. The van der Waals surface area contributed by atoms with E-state index in [1.807, 2.05) is 20.8 Å². The third-order valence-corrected chi connectivity index (χ3v) is 3.53. The van der Waals surface area contributed by atoms with Crippen LogP contribution in [0.25, 0.3) is 0 Å². The van der Waals surface area contributed by atoms with E-state index in [4.69, 9.17) is 4.74 Å². The molecule has 1 saturated heterocycles. The van der Waals surface area contributed by atoms with Crippen LogP contribution in [0.3, 0.4) is 0 Å². The second kappa shape index (κ2) is 6.34. The molecule has 1 amide bonds. The third kappa shape index (κ3) is 4.19. The molecule has 2 rings (SSSR count). The zero-order valence-electron chi connectivity index (χ0n) is 13.2. The molecule has 1 aromatic rings. The predicted octanol–water partition coefficient (Wildman–Crippen LogP) is 1.92. The fourth-order valence-corrected chi connectivity index (χ4v) is 2.51. The maximum atomic E-state index is 12.0. The van der Waals surface area contributed by atoms with E-state index in [0.29, 0.717) is 25.2 Å². The maximum Gasteiger partial charge on any atom is 0.410 e. The Kier molecular flexibility index (Phi) is 4.68. The standard InChI is InChI=1S/C16H22N2O4/c1-16(2,3)22-15(21)17-7-6-12(8-17)9-18-10-13(11-19)4-5-14(18)20/h4-5,10-12H,6-9H2,1-3H3. The van der Waals surface area contributed by atoms with E-state index in [-0.39, 0.29) is 17.6 Å². The van der Waals surface area contributed by atoms with Crippen LogP contribution in [0.2, 0.25) is 0 Å². The summed E-state index contributed by atoms with van der Waals surface area (Å²) < 4.78 is 6.89. The van der Waals surface area contributed by atoms with Crippen molar-refractivity contribution >= 4 is 12.4 Å². The molecule has 6 heteroatoms. The lowest BCUT2D eigenvalue weighted by Gasteiger charge is -2.24. The first-order chi connectivity index (χ1) is 10.3. The van der Waals surface area contributed by atoms with E-state index in [2.05, 4.69) is 0 Å². The molecule has 120 valence electrons. The summed E-state index contributed by atoms with van der Waals surface area (Å²) in [5.41, 5.74) is -0.173. The first kappa shape index (κ1) is 16.3. The van der Waals surface area contributed by atoms with Crippen molar-refractivity contribution in [3.8, 4) is 0 Å². The first-order valence-electron chi connectivity index (χ1n) is 7.42. The summed E-state index contributed by atoms with van der Waals surface area (Å²) in [6.45, 7) is 7.20. The Morgan fingerprint density at radius 2 is 2.14 bits per heavy atom. The Balaban J connectivity index is 1.98. The number of hydrogen-bond donors (Lipinski definition) is 0. The number of aldehydes is 1. The average Bonchev–Trinajstić information content (AvgIpc) is 2.88. The molecule has 1 fully saturated rings. The number of rotatable bonds is 3. The normalized spacial score (nSPS) is 18.3. The average molecular weight is 306 g/mol. The second-order valence-corrected chi connectivity index (χ2v) is 6.65. The van der Waals surface area contributed by atoms with Crippen molar-refractivity contribution in [2.45, 2.75) is 39.3 Å². The van der Waals surface area contributed by atoms with Gasteiger partial charge in [-0.05, 0) is 39.2 Å². The Bertz CT molecular complexity index is 615. The number of pyridine rings is 1. The molecule has 0 N–H and O–H groups in total. The van der Waals surface area contributed by atoms with E-state index in [0.717, 1.165) is 12.7 Å². The van der Waals surface area contributed by atoms with Gasteiger partial charge in [0.2, 0.25) is 0 Å². The van der Waals surface area contributed by atoms with E-state index >= 15 is 0 Å². The quantitative estimate of drug-likeness (QED) is 0.800. The number of likely N-dealkylation sites (tertiary alicyclic amines) is 1. The molecular weight excluding hydrogens is 284 g/mol. The highest BCUT2D eigenvalue weighted by Crippen LogP contribution is 2.20. The largest absolute Gasteiger partial charge is 0.444 e. The molecule has 1 aliphatic heterocycles. The minimum atomic E-state index is -0.510. The van der Waals surface area contributed by atoms with Crippen molar-refractivity contribution in [1.29, 1.82) is 0 Å². The van der Waals surface area contributed by atoms with E-state index in [1.54, 1.807) is 11.1 Å². The number of hydrogen-bond acceptors (Lipinski definition) is 4. The Morgan fingerprint density at radius 1 is 1.41 bits per heavy atom. The molecular formula is C16H22N2O4. The zero-order valence-corrected chi connectivity index (χ0v) is 13.2. The second-order valence-electron chi connectivity index (χ2n) is 6.65. The van der Waals surface area contributed by atoms with Gasteiger partial charge in [-0.1, -0.05) is 0 Å². The molecule has 0 radical (unpaired) electrons. The Morgan fingerprint density at radius 3 is 2.77 bits per heavy atom. The highest BCUT2D eigenvalue weighted by molar-refractivity contribution is 5.73. The summed E-state index contributed by atoms with van der Waals surface area (Å²) in [6.07, 6.45) is 2.78. The van der Waals surface area contributed by atoms with Gasteiger partial charge in [-0.25, -0.2) is 4.79 Å². The molecule has 22 heavy (non-hydrogen) atoms. The van der Waals surface area contributed by atoms with Gasteiger partial charge in [0, 0.05) is 37.5 Å². The van der Waals surface area contributed by atoms with Gasteiger partial charge in [0.05, 0.1) is 0 Å². The summed E-state index contributed by atoms with van der Waals surface area (Å²) in [4.78, 5) is 36.3. The topological polar surface area (TPSA) is 68.6 Å². The fourth-order valence-electron chi connectivity index (χ4n) is 2.51. The van der Waals surface area contributed by atoms with Crippen LogP contribution in [0, 0.1) is 5.92 Å². The summed E-state index contributed by atoms with van der Waals surface area (Å²) in [5.74, 6) is 0.187. The molecule has 0 aliphatic carbocycles. The van der Waals surface area contributed by atoms with Crippen molar-refractivity contribution in [3.05, 3.63) is 34.2 Å². The van der Waals surface area contributed by atoms with E-state index in [1.165, 1.54) is 16.7 Å². The Labute approximate surface area is 129 Å². The van der Waals surface area contributed by atoms with Gasteiger partial charge in [-0.3, -0.25) is 9.59 Å². The highest BCUT2D eigenvalue weighted by Gasteiger charge is 2.29. The molecule has 0 spiro atoms. The lowest BCUT2D eigenvalue weighted by atomic mass is 10.1. The zero-order chi connectivity index (χ0) is 16.3. The van der Waals surface area contributed by atoms with Crippen molar-refractivity contribution < 1.29 is 14.3 Å². The number of carbonyl (C=O) groups excluding carboxylic acids is 2. The van der Waals surface area contributed by atoms with Gasteiger partial charge in [-0.2, -0.15) is 0 Å². The van der Waals surface area contributed by atoms with Crippen LogP contribution in [0.5, 0.6) is 0 Å². The van der Waals surface area contributed by atoms with Crippen LogP contribution < -0.4 is 5.56 Å².